The average molecular weight is 266 g/mol. The molecule has 2 aromatic rings. The third-order valence-electron chi connectivity index (χ3n) is 2.60. The summed E-state index contributed by atoms with van der Waals surface area (Å²) < 4.78 is 7.11. The van der Waals surface area contributed by atoms with Crippen molar-refractivity contribution in [3.63, 3.8) is 0 Å². The first-order chi connectivity index (χ1) is 8.74. The normalized spacial score (nSPS) is 12.4. The van der Waals surface area contributed by atoms with Crippen molar-refractivity contribution in [2.24, 2.45) is 0 Å². The lowest BCUT2D eigenvalue weighted by Gasteiger charge is -2.04. The number of aromatic nitrogens is 3. The van der Waals surface area contributed by atoms with E-state index in [0.29, 0.717) is 6.61 Å². The van der Waals surface area contributed by atoms with Crippen molar-refractivity contribution in [1.29, 1.82) is 0 Å². The van der Waals surface area contributed by atoms with Crippen molar-refractivity contribution in [3.05, 3.63) is 36.2 Å². The van der Waals surface area contributed by atoms with Gasteiger partial charge in [0.1, 0.15) is 11.4 Å². The van der Waals surface area contributed by atoms with Crippen LogP contribution in [0.4, 0.5) is 0 Å². The van der Waals surface area contributed by atoms with E-state index in [2.05, 4.69) is 10.3 Å². The van der Waals surface area contributed by atoms with Crippen molar-refractivity contribution in [2.45, 2.75) is 25.6 Å². The maximum absolute atomic E-state index is 6.12. The molecule has 1 unspecified atom stereocenters. The highest BCUT2D eigenvalue weighted by atomic mass is 35.5. The van der Waals surface area contributed by atoms with E-state index in [1.807, 2.05) is 44.3 Å². The van der Waals surface area contributed by atoms with Crippen molar-refractivity contribution >= 4 is 11.6 Å². The van der Waals surface area contributed by atoms with E-state index in [0.717, 1.165) is 23.6 Å². The van der Waals surface area contributed by atoms with Crippen LogP contribution in [0.15, 0.2) is 30.5 Å². The van der Waals surface area contributed by atoms with Gasteiger partial charge in [-0.25, -0.2) is 4.68 Å². The standard InChI is InChI=1S/C13H16ClN3O/c1-3-12(14)13-9-17(16-15-13)10-5-7-11(8-6-10)18-4-2/h5-9,12H,3-4H2,1-2H3. The predicted octanol–water partition coefficient (Wildman–Crippen LogP) is 3.36. The highest BCUT2D eigenvalue weighted by molar-refractivity contribution is 6.20. The first-order valence-corrected chi connectivity index (χ1v) is 6.47. The van der Waals surface area contributed by atoms with Crippen LogP contribution >= 0.6 is 11.6 Å². The molecule has 18 heavy (non-hydrogen) atoms. The fourth-order valence-corrected chi connectivity index (χ4v) is 1.72. The third-order valence-corrected chi connectivity index (χ3v) is 3.13. The molecular weight excluding hydrogens is 250 g/mol. The summed E-state index contributed by atoms with van der Waals surface area (Å²) in [6.07, 6.45) is 2.69. The van der Waals surface area contributed by atoms with Crippen LogP contribution in [-0.4, -0.2) is 21.6 Å². The molecule has 1 atom stereocenters. The zero-order valence-corrected chi connectivity index (χ0v) is 11.3. The molecular formula is C13H16ClN3O. The van der Waals surface area contributed by atoms with Crippen LogP contribution in [0, 0.1) is 0 Å². The average Bonchev–Trinajstić information content (AvgIpc) is 2.89. The van der Waals surface area contributed by atoms with Crippen LogP contribution in [-0.2, 0) is 0 Å². The Bertz CT molecular complexity index is 495. The Balaban J connectivity index is 2.18. The third kappa shape index (κ3) is 2.82. The molecule has 96 valence electrons. The van der Waals surface area contributed by atoms with E-state index in [1.165, 1.54) is 0 Å². The molecule has 0 bridgehead atoms. The molecule has 0 fully saturated rings. The molecule has 1 heterocycles. The number of benzene rings is 1. The first kappa shape index (κ1) is 12.9. The lowest BCUT2D eigenvalue weighted by Crippen LogP contribution is -1.96. The minimum atomic E-state index is -0.0820. The van der Waals surface area contributed by atoms with Crippen LogP contribution in [0.25, 0.3) is 5.69 Å². The number of alkyl halides is 1. The largest absolute Gasteiger partial charge is 0.494 e. The molecule has 0 radical (unpaired) electrons. The van der Waals surface area contributed by atoms with Crippen LogP contribution in [0.3, 0.4) is 0 Å². The van der Waals surface area contributed by atoms with Crippen LogP contribution < -0.4 is 4.74 Å². The van der Waals surface area contributed by atoms with Crippen LogP contribution in [0.5, 0.6) is 5.75 Å². The Morgan fingerprint density at radius 2 is 2.00 bits per heavy atom. The monoisotopic (exact) mass is 265 g/mol. The SMILES string of the molecule is CCOc1ccc(-n2cc(C(Cl)CC)nn2)cc1. The van der Waals surface area contributed by atoms with Gasteiger partial charge in [-0.1, -0.05) is 12.1 Å². The van der Waals surface area contributed by atoms with Crippen molar-refractivity contribution in [3.8, 4) is 11.4 Å². The molecule has 0 aliphatic carbocycles. The van der Waals surface area contributed by atoms with Crippen LogP contribution in [0.1, 0.15) is 31.3 Å². The Morgan fingerprint density at radius 1 is 1.28 bits per heavy atom. The Kier molecular flexibility index (Phi) is 4.20. The number of ether oxygens (including phenoxy) is 1. The van der Waals surface area contributed by atoms with Gasteiger partial charge >= 0.3 is 0 Å². The summed E-state index contributed by atoms with van der Waals surface area (Å²) in [6.45, 7) is 4.65. The zero-order valence-electron chi connectivity index (χ0n) is 10.5. The molecule has 4 nitrogen and oxygen atoms in total. The Morgan fingerprint density at radius 3 is 2.61 bits per heavy atom. The molecule has 0 saturated heterocycles. The molecule has 0 aliphatic heterocycles. The van der Waals surface area contributed by atoms with E-state index >= 15 is 0 Å². The summed E-state index contributed by atoms with van der Waals surface area (Å²) in [7, 11) is 0. The highest BCUT2D eigenvalue weighted by Crippen LogP contribution is 2.22. The van der Waals surface area contributed by atoms with Gasteiger partial charge in [-0.2, -0.15) is 0 Å². The fraction of sp³-hybridized carbons (Fsp3) is 0.385. The summed E-state index contributed by atoms with van der Waals surface area (Å²) >= 11 is 6.12. The van der Waals surface area contributed by atoms with Gasteiger partial charge in [0.25, 0.3) is 0 Å². The van der Waals surface area contributed by atoms with Gasteiger partial charge in [0.05, 0.1) is 23.9 Å². The topological polar surface area (TPSA) is 39.9 Å². The number of hydrogen-bond donors (Lipinski definition) is 0. The molecule has 5 heteroatoms. The second kappa shape index (κ2) is 5.87. The van der Waals surface area contributed by atoms with E-state index in [1.54, 1.807) is 4.68 Å². The smallest absolute Gasteiger partial charge is 0.119 e. The van der Waals surface area contributed by atoms with Crippen molar-refractivity contribution in [1.82, 2.24) is 15.0 Å². The molecule has 0 saturated carbocycles. The van der Waals surface area contributed by atoms with Gasteiger partial charge in [0.2, 0.25) is 0 Å². The van der Waals surface area contributed by atoms with Gasteiger partial charge in [-0.05, 0) is 37.6 Å². The Hall–Kier alpha value is -1.55. The molecule has 1 aromatic carbocycles. The highest BCUT2D eigenvalue weighted by Gasteiger charge is 2.10. The van der Waals surface area contributed by atoms with Gasteiger partial charge in [-0.15, -0.1) is 16.7 Å². The molecule has 0 aliphatic rings. The minimum Gasteiger partial charge on any atom is -0.494 e. The van der Waals surface area contributed by atoms with Gasteiger partial charge in [0.15, 0.2) is 0 Å². The van der Waals surface area contributed by atoms with Crippen LogP contribution in [0.2, 0.25) is 0 Å². The molecule has 0 N–H and O–H groups in total. The van der Waals surface area contributed by atoms with Gasteiger partial charge < -0.3 is 4.74 Å². The van der Waals surface area contributed by atoms with E-state index in [4.69, 9.17) is 16.3 Å². The van der Waals surface area contributed by atoms with E-state index in [9.17, 15) is 0 Å². The summed E-state index contributed by atoms with van der Waals surface area (Å²) in [4.78, 5) is 0. The zero-order chi connectivity index (χ0) is 13.0. The predicted molar refractivity (Wildman–Crippen MR) is 71.4 cm³/mol. The number of nitrogens with zero attached hydrogens (tertiary/aromatic N) is 3. The molecule has 1 aromatic heterocycles. The number of hydrogen-bond acceptors (Lipinski definition) is 3. The van der Waals surface area contributed by atoms with Crippen molar-refractivity contribution in [2.75, 3.05) is 6.61 Å². The minimum absolute atomic E-state index is 0.0820. The molecule has 0 amide bonds. The van der Waals surface area contributed by atoms with Crippen molar-refractivity contribution < 1.29 is 4.74 Å². The maximum Gasteiger partial charge on any atom is 0.119 e. The molecule has 0 spiro atoms. The summed E-state index contributed by atoms with van der Waals surface area (Å²) in [5.74, 6) is 0.852. The first-order valence-electron chi connectivity index (χ1n) is 6.04. The summed E-state index contributed by atoms with van der Waals surface area (Å²) in [6, 6.07) is 7.72. The number of halogens is 1. The molecule has 2 rings (SSSR count). The maximum atomic E-state index is 6.12. The second-order valence-electron chi connectivity index (χ2n) is 3.89. The quantitative estimate of drug-likeness (QED) is 0.779. The lowest BCUT2D eigenvalue weighted by molar-refractivity contribution is 0.340. The Labute approximate surface area is 112 Å². The summed E-state index contributed by atoms with van der Waals surface area (Å²) in [5, 5.41) is 8.06. The second-order valence-corrected chi connectivity index (χ2v) is 4.42. The summed E-state index contributed by atoms with van der Waals surface area (Å²) in [5.41, 5.74) is 1.74. The fourth-order valence-electron chi connectivity index (χ4n) is 1.62. The van der Waals surface area contributed by atoms with E-state index in [-0.39, 0.29) is 5.38 Å². The number of rotatable bonds is 5. The van der Waals surface area contributed by atoms with Gasteiger partial charge in [0, 0.05) is 0 Å². The van der Waals surface area contributed by atoms with Gasteiger partial charge in [-0.3, -0.25) is 0 Å². The lowest BCUT2D eigenvalue weighted by atomic mass is 10.2. The van der Waals surface area contributed by atoms with E-state index < -0.39 is 0 Å².